The highest BCUT2D eigenvalue weighted by Crippen LogP contribution is 2.18. The highest BCUT2D eigenvalue weighted by molar-refractivity contribution is 9.10. The molecule has 5 nitrogen and oxygen atoms in total. The molecule has 0 saturated heterocycles. The topological polar surface area (TPSA) is 72.3 Å². The number of carbonyl (C=O) groups is 2. The van der Waals surface area contributed by atoms with E-state index in [0.29, 0.717) is 16.0 Å². The second-order valence-corrected chi connectivity index (χ2v) is 5.54. The maximum absolute atomic E-state index is 12.2. The monoisotopic (exact) mass is 373 g/mol. The number of rotatable bonds is 5. The van der Waals surface area contributed by atoms with Crippen molar-refractivity contribution in [3.8, 4) is 0 Å². The first kappa shape index (κ1) is 15.3. The lowest BCUT2D eigenvalue weighted by molar-refractivity contribution is -0.136. The summed E-state index contributed by atoms with van der Waals surface area (Å²) in [6.07, 6.45) is 4.31. The van der Waals surface area contributed by atoms with Gasteiger partial charge in [0, 0.05) is 28.7 Å². The Hall–Kier alpha value is -2.60. The predicted octanol–water partition coefficient (Wildman–Crippen LogP) is 3.96. The quantitative estimate of drug-likeness (QED) is 0.417. The molecule has 0 bridgehead atoms. The van der Waals surface area contributed by atoms with Gasteiger partial charge in [-0.3, -0.25) is 4.79 Å². The van der Waals surface area contributed by atoms with Gasteiger partial charge in [-0.05, 0) is 40.2 Å². The third-order valence-corrected chi connectivity index (χ3v) is 3.64. The van der Waals surface area contributed by atoms with Gasteiger partial charge in [0.25, 0.3) is 0 Å². The molecule has 3 rings (SSSR count). The van der Waals surface area contributed by atoms with Crippen molar-refractivity contribution >= 4 is 44.7 Å². The van der Waals surface area contributed by atoms with Crippen molar-refractivity contribution in [2.45, 2.75) is 0 Å². The lowest BCUT2D eigenvalue weighted by Crippen LogP contribution is -2.12. The molecule has 3 aromatic rings. The molecule has 2 heterocycles. The van der Waals surface area contributed by atoms with Crippen molar-refractivity contribution in [1.82, 2.24) is 4.98 Å². The minimum Gasteiger partial charge on any atom is -0.454 e. The van der Waals surface area contributed by atoms with E-state index >= 15 is 0 Å². The largest absolute Gasteiger partial charge is 0.454 e. The van der Waals surface area contributed by atoms with E-state index in [2.05, 4.69) is 20.9 Å². The normalized spacial score (nSPS) is 11.2. The summed E-state index contributed by atoms with van der Waals surface area (Å²) in [4.78, 5) is 26.8. The summed E-state index contributed by atoms with van der Waals surface area (Å²) < 4.78 is 10.7. The van der Waals surface area contributed by atoms with E-state index in [0.717, 1.165) is 10.9 Å². The molecule has 1 N–H and O–H groups in total. The zero-order valence-corrected chi connectivity index (χ0v) is 13.5. The zero-order chi connectivity index (χ0) is 16.2. The van der Waals surface area contributed by atoms with Gasteiger partial charge in [-0.15, -0.1) is 0 Å². The number of furan rings is 1. The van der Waals surface area contributed by atoms with E-state index in [-0.39, 0.29) is 12.4 Å². The summed E-state index contributed by atoms with van der Waals surface area (Å²) in [7, 11) is 0. The van der Waals surface area contributed by atoms with Gasteiger partial charge in [-0.1, -0.05) is 18.2 Å². The fourth-order valence-corrected chi connectivity index (χ4v) is 2.45. The number of halogens is 1. The Morgan fingerprint density at radius 1 is 1.22 bits per heavy atom. The standard InChI is InChI=1S/C17H12BrNO4/c18-16-7-5-11(23-16)6-8-17(21)22-10-15(20)13-9-19-14-4-2-1-3-12(13)14/h1-9,19H,10H2. The average molecular weight is 374 g/mol. The number of aromatic nitrogens is 1. The van der Waals surface area contributed by atoms with Crippen LogP contribution in [-0.4, -0.2) is 23.3 Å². The molecular formula is C17H12BrNO4. The molecule has 1 aromatic carbocycles. The van der Waals surface area contributed by atoms with Gasteiger partial charge in [-0.2, -0.15) is 0 Å². The summed E-state index contributed by atoms with van der Waals surface area (Å²) in [5.74, 6) is -0.354. The van der Waals surface area contributed by atoms with E-state index in [1.54, 1.807) is 18.3 Å². The van der Waals surface area contributed by atoms with E-state index in [9.17, 15) is 9.59 Å². The highest BCUT2D eigenvalue weighted by atomic mass is 79.9. The van der Waals surface area contributed by atoms with Crippen molar-refractivity contribution < 1.29 is 18.7 Å². The molecule has 2 aromatic heterocycles. The SMILES string of the molecule is O=C(C=Cc1ccc(Br)o1)OCC(=O)c1c[nH]c2ccccc12. The van der Waals surface area contributed by atoms with Crippen LogP contribution in [0.3, 0.4) is 0 Å². The van der Waals surface area contributed by atoms with Gasteiger partial charge in [0.15, 0.2) is 11.3 Å². The number of para-hydroxylation sites is 1. The van der Waals surface area contributed by atoms with Crippen LogP contribution < -0.4 is 0 Å². The molecule has 0 unspecified atom stereocenters. The number of carbonyl (C=O) groups excluding carboxylic acids is 2. The summed E-state index contributed by atoms with van der Waals surface area (Å²) in [6.45, 7) is -0.313. The molecule has 116 valence electrons. The maximum atomic E-state index is 12.2. The van der Waals surface area contributed by atoms with Crippen LogP contribution in [0.5, 0.6) is 0 Å². The van der Waals surface area contributed by atoms with Gasteiger partial charge >= 0.3 is 5.97 Å². The lowest BCUT2D eigenvalue weighted by atomic mass is 10.1. The third-order valence-electron chi connectivity index (χ3n) is 3.21. The van der Waals surface area contributed by atoms with Crippen LogP contribution in [0.2, 0.25) is 0 Å². The molecule has 0 amide bonds. The summed E-state index contributed by atoms with van der Waals surface area (Å²) in [6, 6.07) is 10.9. The average Bonchev–Trinajstić information content (AvgIpc) is 3.16. The van der Waals surface area contributed by atoms with Gasteiger partial charge in [0.1, 0.15) is 5.76 Å². The Balaban J connectivity index is 1.60. The van der Waals surface area contributed by atoms with Crippen molar-refractivity contribution in [2.24, 2.45) is 0 Å². The van der Waals surface area contributed by atoms with Crippen LogP contribution in [0.15, 0.2) is 57.8 Å². The van der Waals surface area contributed by atoms with Crippen molar-refractivity contribution in [2.75, 3.05) is 6.61 Å². The smallest absolute Gasteiger partial charge is 0.331 e. The number of benzene rings is 1. The molecule has 23 heavy (non-hydrogen) atoms. The van der Waals surface area contributed by atoms with Crippen LogP contribution >= 0.6 is 15.9 Å². The van der Waals surface area contributed by atoms with Crippen molar-refractivity contribution in [3.63, 3.8) is 0 Å². The van der Waals surface area contributed by atoms with Crippen LogP contribution in [0.25, 0.3) is 17.0 Å². The Morgan fingerprint density at radius 3 is 2.83 bits per heavy atom. The van der Waals surface area contributed by atoms with E-state index in [1.165, 1.54) is 12.2 Å². The molecule has 6 heteroatoms. The number of Topliss-reactive ketones (excluding diaryl/α,β-unsaturated/α-hetero) is 1. The maximum Gasteiger partial charge on any atom is 0.331 e. The summed E-state index contributed by atoms with van der Waals surface area (Å²) in [5.41, 5.74) is 1.37. The molecule has 0 saturated carbocycles. The van der Waals surface area contributed by atoms with Crippen LogP contribution in [0.1, 0.15) is 16.1 Å². The summed E-state index contributed by atoms with van der Waals surface area (Å²) >= 11 is 3.17. The van der Waals surface area contributed by atoms with Crippen LogP contribution in [0.4, 0.5) is 0 Å². The Labute approximate surface area is 140 Å². The first-order valence-electron chi connectivity index (χ1n) is 6.83. The number of fused-ring (bicyclic) bond motifs is 1. The number of ketones is 1. The molecule has 0 spiro atoms. The molecular weight excluding hydrogens is 362 g/mol. The Kier molecular flexibility index (Phi) is 4.43. The van der Waals surface area contributed by atoms with Crippen LogP contribution in [0, 0.1) is 0 Å². The lowest BCUT2D eigenvalue weighted by Gasteiger charge is -2.00. The Morgan fingerprint density at radius 2 is 2.04 bits per heavy atom. The number of ether oxygens (including phenoxy) is 1. The minimum atomic E-state index is -0.606. The number of H-pyrrole nitrogens is 1. The van der Waals surface area contributed by atoms with Gasteiger partial charge < -0.3 is 14.1 Å². The van der Waals surface area contributed by atoms with Crippen molar-refractivity contribution in [3.05, 3.63) is 64.7 Å². The fourth-order valence-electron chi connectivity index (χ4n) is 2.13. The minimum absolute atomic E-state index is 0.259. The predicted molar refractivity (Wildman–Crippen MR) is 89.0 cm³/mol. The molecule has 0 aliphatic carbocycles. The first-order chi connectivity index (χ1) is 11.1. The fraction of sp³-hybridized carbons (Fsp3) is 0.0588. The molecule has 0 aliphatic heterocycles. The van der Waals surface area contributed by atoms with E-state index < -0.39 is 5.97 Å². The number of hydrogen-bond donors (Lipinski definition) is 1. The number of aromatic amines is 1. The van der Waals surface area contributed by atoms with Crippen LogP contribution in [-0.2, 0) is 9.53 Å². The summed E-state index contributed by atoms with van der Waals surface area (Å²) in [5, 5.41) is 0.810. The molecule has 0 radical (unpaired) electrons. The number of esters is 1. The second kappa shape index (κ2) is 6.66. The molecule has 0 atom stereocenters. The van der Waals surface area contributed by atoms with E-state index in [1.807, 2.05) is 24.3 Å². The Bertz CT molecular complexity index is 891. The highest BCUT2D eigenvalue weighted by Gasteiger charge is 2.13. The van der Waals surface area contributed by atoms with Gasteiger partial charge in [0.2, 0.25) is 5.78 Å². The van der Waals surface area contributed by atoms with Gasteiger partial charge in [0.05, 0.1) is 0 Å². The molecule has 0 aliphatic rings. The zero-order valence-electron chi connectivity index (χ0n) is 11.9. The second-order valence-electron chi connectivity index (χ2n) is 4.75. The molecule has 0 fully saturated rings. The van der Waals surface area contributed by atoms with Crippen molar-refractivity contribution in [1.29, 1.82) is 0 Å². The first-order valence-corrected chi connectivity index (χ1v) is 7.62. The third kappa shape index (κ3) is 3.60. The van der Waals surface area contributed by atoms with E-state index in [4.69, 9.17) is 9.15 Å². The number of nitrogens with one attached hydrogen (secondary N) is 1. The number of hydrogen-bond acceptors (Lipinski definition) is 4. The van der Waals surface area contributed by atoms with Gasteiger partial charge in [-0.25, -0.2) is 4.79 Å².